The number of carbonyl (C=O) groups excluding carboxylic acids is 1. The fourth-order valence-electron chi connectivity index (χ4n) is 5.06. The van der Waals surface area contributed by atoms with Crippen molar-refractivity contribution in [3.8, 4) is 6.07 Å². The maximum atomic E-state index is 12.0. The average molecular weight is 506 g/mol. The van der Waals surface area contributed by atoms with Gasteiger partial charge in [0.25, 0.3) is 0 Å². The predicted molar refractivity (Wildman–Crippen MR) is 141 cm³/mol. The second-order valence-electron chi connectivity index (χ2n) is 9.75. The number of likely N-dealkylation sites (tertiary alicyclic amines) is 1. The molecule has 0 saturated carbocycles. The van der Waals surface area contributed by atoms with Gasteiger partial charge >= 0.3 is 6.09 Å². The topological polar surface area (TPSA) is 139 Å². The molecule has 3 aromatic rings. The third-order valence-electron chi connectivity index (χ3n) is 7.07. The summed E-state index contributed by atoms with van der Waals surface area (Å²) in [5, 5.41) is 25.6. The maximum absolute atomic E-state index is 12.0. The number of amides is 1. The summed E-state index contributed by atoms with van der Waals surface area (Å²) in [7, 11) is 1.41. The van der Waals surface area contributed by atoms with E-state index >= 15 is 0 Å². The monoisotopic (exact) mass is 505 g/mol. The van der Waals surface area contributed by atoms with Crippen molar-refractivity contribution >= 4 is 23.2 Å². The third-order valence-corrected chi connectivity index (χ3v) is 7.07. The Morgan fingerprint density at radius 3 is 2.84 bits per heavy atom. The van der Waals surface area contributed by atoms with Crippen LogP contribution in [0.1, 0.15) is 42.1 Å². The molecule has 1 saturated heterocycles. The van der Waals surface area contributed by atoms with Crippen molar-refractivity contribution in [2.75, 3.05) is 45.2 Å². The molecule has 10 nitrogen and oxygen atoms in total. The Labute approximate surface area is 217 Å². The number of H-pyrrole nitrogens is 1. The second-order valence-corrected chi connectivity index (χ2v) is 9.75. The van der Waals surface area contributed by atoms with Gasteiger partial charge in [-0.15, -0.1) is 0 Å². The minimum Gasteiger partial charge on any atom is -0.453 e. The average Bonchev–Trinajstić information content (AvgIpc) is 3.30. The van der Waals surface area contributed by atoms with Gasteiger partial charge in [-0.25, -0.2) is 9.78 Å². The minimum absolute atomic E-state index is 0.0568. The molecule has 1 aromatic carbocycles. The number of piperidine rings is 1. The molecule has 1 atom stereocenters. The molecule has 10 heteroatoms. The van der Waals surface area contributed by atoms with E-state index in [9.17, 15) is 15.2 Å². The number of hydrogen-bond acceptors (Lipinski definition) is 8. The van der Waals surface area contributed by atoms with Gasteiger partial charge in [0.05, 0.1) is 37.8 Å². The van der Waals surface area contributed by atoms with Crippen LogP contribution in [0.2, 0.25) is 0 Å². The molecule has 3 heterocycles. The number of carbonyl (C=O) groups is 1. The molecule has 0 radical (unpaired) electrons. The highest BCUT2D eigenvalue weighted by Crippen LogP contribution is 2.36. The molecule has 1 fully saturated rings. The largest absolute Gasteiger partial charge is 0.453 e. The number of aryl methyl sites for hydroxylation is 1. The van der Waals surface area contributed by atoms with E-state index < -0.39 is 0 Å². The quantitative estimate of drug-likeness (QED) is 0.308. The molecule has 0 spiro atoms. The zero-order valence-corrected chi connectivity index (χ0v) is 21.5. The standard InChI is InChI=1S/C27H35N7O3/c1-19-6-7-23-24(30-19)33-25(32-23)31-22(8-11-28)21-5-3-4-20(16-21)17-27(18-29-12-15-35)9-13-34(14-10-27)26(36)37-2/h3-7,16,22,29,35H,8-10,12-15,17-18H2,1-2H3,(H2,30,31,32,33)/t22-/m1/s1. The van der Waals surface area contributed by atoms with Gasteiger partial charge in [0.2, 0.25) is 5.95 Å². The number of benzene rings is 1. The van der Waals surface area contributed by atoms with Gasteiger partial charge < -0.3 is 30.4 Å². The number of methoxy groups -OCH3 is 1. The first kappa shape index (κ1) is 26.4. The SMILES string of the molecule is COC(=O)N1CCC(CNCCO)(Cc2cccc([C@@H](CC#N)Nc3nc4nc(C)ccc4[nH]3)c2)CC1. The van der Waals surface area contributed by atoms with Gasteiger partial charge in [-0.1, -0.05) is 24.3 Å². The molecule has 4 N–H and O–H groups in total. The summed E-state index contributed by atoms with van der Waals surface area (Å²) in [5.74, 6) is 0.582. The van der Waals surface area contributed by atoms with Crippen molar-refractivity contribution in [1.82, 2.24) is 25.2 Å². The molecule has 0 unspecified atom stereocenters. The number of hydrogen-bond donors (Lipinski definition) is 4. The second kappa shape index (κ2) is 12.0. The van der Waals surface area contributed by atoms with E-state index in [1.165, 1.54) is 12.7 Å². The predicted octanol–water partition coefficient (Wildman–Crippen LogP) is 3.31. The van der Waals surface area contributed by atoms with Crippen LogP contribution in [0, 0.1) is 23.7 Å². The Morgan fingerprint density at radius 1 is 1.30 bits per heavy atom. The summed E-state index contributed by atoms with van der Waals surface area (Å²) in [6.45, 7) is 4.55. The highest BCUT2D eigenvalue weighted by molar-refractivity contribution is 5.73. The van der Waals surface area contributed by atoms with Crippen LogP contribution in [0.4, 0.5) is 10.7 Å². The van der Waals surface area contributed by atoms with Crippen LogP contribution in [0.5, 0.6) is 0 Å². The van der Waals surface area contributed by atoms with Gasteiger partial charge in [0.1, 0.15) is 0 Å². The van der Waals surface area contributed by atoms with Gasteiger partial charge in [-0.05, 0) is 54.9 Å². The number of rotatable bonds is 10. The lowest BCUT2D eigenvalue weighted by atomic mass is 9.73. The first-order valence-corrected chi connectivity index (χ1v) is 12.7. The Morgan fingerprint density at radius 2 is 2.11 bits per heavy atom. The van der Waals surface area contributed by atoms with Crippen molar-refractivity contribution in [1.29, 1.82) is 5.26 Å². The number of aliphatic hydroxyl groups excluding tert-OH is 1. The van der Waals surface area contributed by atoms with Crippen LogP contribution in [-0.2, 0) is 11.2 Å². The Balaban J connectivity index is 1.52. The molecule has 2 aromatic heterocycles. The van der Waals surface area contributed by atoms with E-state index in [0.717, 1.165) is 42.6 Å². The number of nitrogens with zero attached hydrogens (tertiary/aromatic N) is 4. The number of anilines is 1. The van der Waals surface area contributed by atoms with E-state index in [1.807, 2.05) is 31.2 Å². The van der Waals surface area contributed by atoms with Gasteiger partial charge in [0.15, 0.2) is 5.65 Å². The first-order chi connectivity index (χ1) is 17.9. The molecule has 37 heavy (non-hydrogen) atoms. The summed E-state index contributed by atoms with van der Waals surface area (Å²) in [5.41, 5.74) is 4.50. The van der Waals surface area contributed by atoms with E-state index in [0.29, 0.717) is 31.2 Å². The van der Waals surface area contributed by atoms with Crippen LogP contribution in [0.15, 0.2) is 36.4 Å². The lowest BCUT2D eigenvalue weighted by molar-refractivity contribution is 0.0761. The minimum atomic E-state index is -0.291. The molecule has 4 rings (SSSR count). The van der Waals surface area contributed by atoms with E-state index in [-0.39, 0.29) is 30.6 Å². The van der Waals surface area contributed by atoms with Crippen LogP contribution in [0.25, 0.3) is 11.2 Å². The lowest BCUT2D eigenvalue weighted by Crippen LogP contribution is -2.48. The summed E-state index contributed by atoms with van der Waals surface area (Å²) < 4.78 is 4.91. The van der Waals surface area contributed by atoms with E-state index in [2.05, 4.69) is 43.8 Å². The first-order valence-electron chi connectivity index (χ1n) is 12.7. The van der Waals surface area contributed by atoms with Crippen molar-refractivity contribution in [3.63, 3.8) is 0 Å². The van der Waals surface area contributed by atoms with E-state index in [4.69, 9.17) is 4.74 Å². The fourth-order valence-corrected chi connectivity index (χ4v) is 5.06. The molecular weight excluding hydrogens is 470 g/mol. The van der Waals surface area contributed by atoms with E-state index in [1.54, 1.807) is 4.90 Å². The van der Waals surface area contributed by atoms with Gasteiger partial charge in [0, 0.05) is 31.9 Å². The molecule has 1 amide bonds. The third kappa shape index (κ3) is 6.56. The zero-order valence-electron chi connectivity index (χ0n) is 21.5. The van der Waals surface area contributed by atoms with Crippen molar-refractivity contribution in [2.45, 2.75) is 38.6 Å². The molecule has 0 aliphatic carbocycles. The van der Waals surface area contributed by atoms with Crippen LogP contribution < -0.4 is 10.6 Å². The summed E-state index contributed by atoms with van der Waals surface area (Å²) >= 11 is 0. The van der Waals surface area contributed by atoms with Crippen LogP contribution in [-0.4, -0.2) is 70.9 Å². The number of aliphatic hydroxyl groups is 1. The number of aromatic nitrogens is 3. The normalized spacial score (nSPS) is 15.8. The number of pyridine rings is 1. The molecule has 1 aliphatic rings. The number of nitriles is 1. The maximum Gasteiger partial charge on any atom is 0.409 e. The van der Waals surface area contributed by atoms with Crippen LogP contribution in [0.3, 0.4) is 0 Å². The molecule has 0 bridgehead atoms. The Hall–Kier alpha value is -3.68. The number of nitrogens with one attached hydrogen (secondary N) is 3. The number of aromatic amines is 1. The molecule has 196 valence electrons. The van der Waals surface area contributed by atoms with Gasteiger partial charge in [-0.2, -0.15) is 10.2 Å². The summed E-state index contributed by atoms with van der Waals surface area (Å²) in [6, 6.07) is 14.3. The number of ether oxygens (including phenoxy) is 1. The van der Waals surface area contributed by atoms with Crippen molar-refractivity contribution < 1.29 is 14.6 Å². The number of imidazole rings is 1. The smallest absolute Gasteiger partial charge is 0.409 e. The fraction of sp³-hybridized carbons (Fsp3) is 0.481. The number of fused-ring (bicyclic) bond motifs is 1. The summed E-state index contributed by atoms with van der Waals surface area (Å²) in [6.07, 6.45) is 2.47. The van der Waals surface area contributed by atoms with Crippen molar-refractivity contribution in [2.24, 2.45) is 5.41 Å². The highest BCUT2D eigenvalue weighted by Gasteiger charge is 2.36. The highest BCUT2D eigenvalue weighted by atomic mass is 16.5. The van der Waals surface area contributed by atoms with Gasteiger partial charge in [-0.3, -0.25) is 0 Å². The lowest BCUT2D eigenvalue weighted by Gasteiger charge is -2.42. The van der Waals surface area contributed by atoms with Crippen LogP contribution >= 0.6 is 0 Å². The Bertz CT molecular complexity index is 1240. The summed E-state index contributed by atoms with van der Waals surface area (Å²) in [4.78, 5) is 26.0. The zero-order chi connectivity index (χ0) is 26.3. The van der Waals surface area contributed by atoms with Crippen molar-refractivity contribution in [3.05, 3.63) is 53.2 Å². The molecule has 1 aliphatic heterocycles. The Kier molecular flexibility index (Phi) is 8.58. The molecular formula is C27H35N7O3.